The Morgan fingerprint density at radius 3 is 2.62 bits per heavy atom. The second-order valence-electron chi connectivity index (χ2n) is 5.92. The Bertz CT molecular complexity index is 700. The van der Waals surface area contributed by atoms with Crippen LogP contribution in [0.15, 0.2) is 64.7 Å². The number of methoxy groups -OCH3 is 1. The molecule has 0 aromatic heterocycles. The Hall–Kier alpha value is -1.78. The van der Waals surface area contributed by atoms with E-state index >= 15 is 0 Å². The molecule has 1 aliphatic rings. The van der Waals surface area contributed by atoms with Crippen LogP contribution in [0.4, 0.5) is 0 Å². The molecule has 0 radical (unpaired) electrons. The lowest BCUT2D eigenvalue weighted by Crippen LogP contribution is -2.29. The van der Waals surface area contributed by atoms with Crippen LogP contribution < -0.4 is 9.47 Å². The lowest BCUT2D eigenvalue weighted by atomic mass is 10.1. The van der Waals surface area contributed by atoms with Crippen molar-refractivity contribution in [1.29, 1.82) is 0 Å². The molecule has 0 fully saturated rings. The number of halogens is 1. The van der Waals surface area contributed by atoms with Crippen molar-refractivity contribution in [3.05, 3.63) is 70.2 Å². The molecule has 0 saturated heterocycles. The Morgan fingerprint density at radius 1 is 1.12 bits per heavy atom. The van der Waals surface area contributed by atoms with Crippen molar-refractivity contribution < 1.29 is 9.47 Å². The van der Waals surface area contributed by atoms with E-state index < -0.39 is 0 Å². The van der Waals surface area contributed by atoms with Gasteiger partial charge in [0.05, 0.1) is 11.6 Å². The summed E-state index contributed by atoms with van der Waals surface area (Å²) >= 11 is 3.53. The van der Waals surface area contributed by atoms with E-state index in [2.05, 4.69) is 57.2 Å². The highest BCUT2D eigenvalue weighted by Crippen LogP contribution is 2.29. The molecule has 1 aliphatic heterocycles. The van der Waals surface area contributed by atoms with Gasteiger partial charge in [0, 0.05) is 19.6 Å². The van der Waals surface area contributed by atoms with Gasteiger partial charge in [0.1, 0.15) is 18.1 Å². The van der Waals surface area contributed by atoms with Crippen molar-refractivity contribution >= 4 is 15.9 Å². The van der Waals surface area contributed by atoms with Crippen LogP contribution >= 0.6 is 15.9 Å². The molecule has 0 aliphatic carbocycles. The maximum atomic E-state index is 5.94. The fourth-order valence-corrected chi connectivity index (χ4v) is 3.24. The van der Waals surface area contributed by atoms with Gasteiger partial charge in [-0.1, -0.05) is 36.4 Å². The number of ether oxygens (including phenoxy) is 2. The minimum absolute atomic E-state index is 0.643. The van der Waals surface area contributed by atoms with Gasteiger partial charge in [0.2, 0.25) is 0 Å². The Labute approximate surface area is 152 Å². The van der Waals surface area contributed by atoms with Gasteiger partial charge in [0.25, 0.3) is 0 Å². The van der Waals surface area contributed by atoms with Gasteiger partial charge in [-0.25, -0.2) is 0 Å². The second kappa shape index (κ2) is 8.36. The smallest absolute Gasteiger partial charge is 0.134 e. The number of rotatable bonds is 6. The van der Waals surface area contributed by atoms with E-state index in [4.69, 9.17) is 9.47 Å². The molecule has 0 unspecified atom stereocenters. The maximum Gasteiger partial charge on any atom is 0.134 e. The minimum Gasteiger partial charge on any atom is -0.497 e. The molecule has 0 saturated carbocycles. The molecular weight excluding hydrogens is 366 g/mol. The zero-order chi connectivity index (χ0) is 16.8. The summed E-state index contributed by atoms with van der Waals surface area (Å²) in [7, 11) is 1.66. The molecule has 0 amide bonds. The Balaban J connectivity index is 1.51. The quantitative estimate of drug-likeness (QED) is 0.672. The van der Waals surface area contributed by atoms with Crippen molar-refractivity contribution in [2.75, 3.05) is 26.8 Å². The van der Waals surface area contributed by atoms with E-state index in [0.717, 1.165) is 42.0 Å². The van der Waals surface area contributed by atoms with Crippen LogP contribution in [0.5, 0.6) is 11.5 Å². The first kappa shape index (κ1) is 17.1. The number of benzene rings is 2. The van der Waals surface area contributed by atoms with Crippen molar-refractivity contribution in [3.63, 3.8) is 0 Å². The van der Waals surface area contributed by atoms with Crippen molar-refractivity contribution in [2.24, 2.45) is 0 Å². The van der Waals surface area contributed by atoms with Gasteiger partial charge in [0.15, 0.2) is 0 Å². The third-order valence-corrected chi connectivity index (χ3v) is 4.81. The van der Waals surface area contributed by atoms with Gasteiger partial charge in [-0.15, -0.1) is 0 Å². The Kier molecular flexibility index (Phi) is 5.94. The lowest BCUT2D eigenvalue weighted by molar-refractivity contribution is 0.270. The highest BCUT2D eigenvalue weighted by atomic mass is 79.9. The van der Waals surface area contributed by atoms with Crippen molar-refractivity contribution in [1.82, 2.24) is 4.90 Å². The van der Waals surface area contributed by atoms with Gasteiger partial charge < -0.3 is 9.47 Å². The zero-order valence-electron chi connectivity index (χ0n) is 13.9. The molecule has 4 heteroatoms. The first-order chi connectivity index (χ1) is 11.7. The first-order valence-electron chi connectivity index (χ1n) is 8.15. The van der Waals surface area contributed by atoms with Crippen LogP contribution in [-0.2, 0) is 6.54 Å². The molecule has 1 heterocycles. The van der Waals surface area contributed by atoms with Crippen LogP contribution in [0.1, 0.15) is 12.0 Å². The molecule has 2 aromatic carbocycles. The van der Waals surface area contributed by atoms with E-state index in [9.17, 15) is 0 Å². The van der Waals surface area contributed by atoms with E-state index in [0.29, 0.717) is 6.61 Å². The predicted molar refractivity (Wildman–Crippen MR) is 101 cm³/mol. The summed E-state index contributed by atoms with van der Waals surface area (Å²) in [5, 5.41) is 0. The summed E-state index contributed by atoms with van der Waals surface area (Å²) in [4.78, 5) is 2.46. The fraction of sp³-hybridized carbons (Fsp3) is 0.300. The van der Waals surface area contributed by atoms with Crippen LogP contribution in [0.25, 0.3) is 0 Å². The minimum atomic E-state index is 0.643. The van der Waals surface area contributed by atoms with Crippen LogP contribution in [0.3, 0.4) is 0 Å². The molecule has 0 atom stereocenters. The second-order valence-corrected chi connectivity index (χ2v) is 6.77. The van der Waals surface area contributed by atoms with Crippen LogP contribution in [0.2, 0.25) is 0 Å². The average Bonchev–Trinajstić information content (AvgIpc) is 2.63. The normalized spacial score (nSPS) is 15.0. The highest BCUT2D eigenvalue weighted by Gasteiger charge is 2.13. The summed E-state index contributed by atoms with van der Waals surface area (Å²) in [5.74, 6) is 1.67. The standard InChI is InChI=1S/C20H22BrNO2/c1-23-18-7-8-20(19(21)13-18)24-15-17-9-11-22(12-10-17)14-16-5-3-2-4-6-16/h2-9,13H,10-12,14-15H2,1H3. The summed E-state index contributed by atoms with van der Waals surface area (Å²) in [5.41, 5.74) is 2.73. The van der Waals surface area contributed by atoms with Gasteiger partial charge in [-0.05, 0) is 51.7 Å². The molecule has 126 valence electrons. The summed E-state index contributed by atoms with van der Waals surface area (Å²) in [6.45, 7) is 3.71. The summed E-state index contributed by atoms with van der Waals surface area (Å²) in [6.07, 6.45) is 3.35. The van der Waals surface area contributed by atoms with E-state index in [1.807, 2.05) is 18.2 Å². The predicted octanol–water partition coefficient (Wildman–Crippen LogP) is 4.67. The molecule has 3 rings (SSSR count). The molecule has 3 nitrogen and oxygen atoms in total. The summed E-state index contributed by atoms with van der Waals surface area (Å²) in [6, 6.07) is 16.4. The van der Waals surface area contributed by atoms with Crippen LogP contribution in [0, 0.1) is 0 Å². The zero-order valence-corrected chi connectivity index (χ0v) is 15.5. The molecule has 24 heavy (non-hydrogen) atoms. The van der Waals surface area contributed by atoms with E-state index in [1.54, 1.807) is 7.11 Å². The molecule has 0 bridgehead atoms. The molecule has 0 N–H and O–H groups in total. The maximum absolute atomic E-state index is 5.94. The number of nitrogens with zero attached hydrogens (tertiary/aromatic N) is 1. The monoisotopic (exact) mass is 387 g/mol. The topological polar surface area (TPSA) is 21.7 Å². The number of hydrogen-bond donors (Lipinski definition) is 0. The SMILES string of the molecule is COc1ccc(OCC2=CCN(Cc3ccccc3)CC2)c(Br)c1. The van der Waals surface area contributed by atoms with Crippen molar-refractivity contribution in [2.45, 2.75) is 13.0 Å². The molecular formula is C20H22BrNO2. The summed E-state index contributed by atoms with van der Waals surface area (Å²) < 4.78 is 12.1. The lowest BCUT2D eigenvalue weighted by Gasteiger charge is -2.26. The van der Waals surface area contributed by atoms with Crippen molar-refractivity contribution in [3.8, 4) is 11.5 Å². The first-order valence-corrected chi connectivity index (χ1v) is 8.94. The average molecular weight is 388 g/mol. The highest BCUT2D eigenvalue weighted by molar-refractivity contribution is 9.10. The third-order valence-electron chi connectivity index (χ3n) is 4.19. The largest absolute Gasteiger partial charge is 0.497 e. The molecule has 2 aromatic rings. The third kappa shape index (κ3) is 4.62. The molecule has 0 spiro atoms. The van der Waals surface area contributed by atoms with E-state index in [-0.39, 0.29) is 0 Å². The van der Waals surface area contributed by atoms with E-state index in [1.165, 1.54) is 11.1 Å². The fourth-order valence-electron chi connectivity index (χ4n) is 2.77. The van der Waals surface area contributed by atoms with Gasteiger partial charge >= 0.3 is 0 Å². The van der Waals surface area contributed by atoms with Gasteiger partial charge in [-0.3, -0.25) is 4.90 Å². The van der Waals surface area contributed by atoms with Gasteiger partial charge in [-0.2, -0.15) is 0 Å². The number of hydrogen-bond acceptors (Lipinski definition) is 3. The van der Waals surface area contributed by atoms with Crippen LogP contribution in [-0.4, -0.2) is 31.7 Å². The Morgan fingerprint density at radius 2 is 1.96 bits per heavy atom.